The Kier molecular flexibility index (Phi) is 53.5. The number of hydrogen-bond acceptors (Lipinski definition) is 3. The molecule has 1 unspecified atom stereocenters. The van der Waals surface area contributed by atoms with Crippen molar-refractivity contribution < 1.29 is 13.6 Å². The molecule has 0 aliphatic heterocycles. The van der Waals surface area contributed by atoms with Crippen LogP contribution in [0.4, 0.5) is 0 Å². The summed E-state index contributed by atoms with van der Waals surface area (Å²) in [6, 6.07) is 0. The fraction of sp³-hybridized carbons (Fsp3) is 0.889. The van der Waals surface area contributed by atoms with Gasteiger partial charge in [-0.25, -0.2) is 0 Å². The Balaban J connectivity index is 3.21. The highest BCUT2D eigenvalue weighted by molar-refractivity contribution is 7.33. The molecule has 0 aliphatic rings. The van der Waals surface area contributed by atoms with Crippen LogP contribution in [0.1, 0.15) is 296 Å². The minimum atomic E-state index is -1.94. The van der Waals surface area contributed by atoms with E-state index in [9.17, 15) is 4.57 Å². The largest absolute Gasteiger partial charge is 0.697 e. The molecule has 0 saturated carbocycles. The van der Waals surface area contributed by atoms with E-state index in [4.69, 9.17) is 9.05 Å². The third-order valence-corrected chi connectivity index (χ3v) is 12.7. The van der Waals surface area contributed by atoms with Crippen LogP contribution in [0, 0.1) is 0 Å². The Morgan fingerprint density at radius 1 is 0.259 bits per heavy atom. The van der Waals surface area contributed by atoms with E-state index in [1.807, 2.05) is 0 Å². The van der Waals surface area contributed by atoms with Gasteiger partial charge in [0.25, 0.3) is 0 Å². The second-order valence-corrected chi connectivity index (χ2v) is 18.7. The molecule has 0 spiro atoms. The lowest BCUT2D eigenvalue weighted by Gasteiger charge is -2.03. The van der Waals surface area contributed by atoms with Crippen molar-refractivity contribution in [3.05, 3.63) is 36.5 Å². The van der Waals surface area contributed by atoms with Gasteiger partial charge in [0.05, 0.1) is 0 Å². The zero-order valence-corrected chi connectivity index (χ0v) is 40.6. The third-order valence-electron chi connectivity index (χ3n) is 11.9. The normalized spacial score (nSPS) is 12.3. The molecule has 0 saturated heterocycles. The van der Waals surface area contributed by atoms with Gasteiger partial charge in [0.1, 0.15) is 13.2 Å². The summed E-state index contributed by atoms with van der Waals surface area (Å²) in [6.07, 6.45) is 73.5. The molecule has 0 aromatic heterocycles. The maximum absolute atomic E-state index is 12.0. The Morgan fingerprint density at radius 3 is 0.638 bits per heavy atom. The molecular formula is C54H104O3P+. The number of hydrogen-bond donors (Lipinski definition) is 0. The molecular weight excluding hydrogens is 728 g/mol. The molecule has 0 aliphatic carbocycles. The van der Waals surface area contributed by atoms with Crippen LogP contribution in [0.15, 0.2) is 36.5 Å². The summed E-state index contributed by atoms with van der Waals surface area (Å²) in [7, 11) is -1.94. The second kappa shape index (κ2) is 54.3. The van der Waals surface area contributed by atoms with E-state index in [0.717, 1.165) is 25.7 Å². The SMILES string of the molecule is CCCCCCCC/C=C\CCCCCCCCCCCCCCCC/C=C\CCCCCCCCO[P+](=O)OCCCCCCCC/C=C\CCCCCCCC. The average molecular weight is 832 g/mol. The van der Waals surface area contributed by atoms with Crippen LogP contribution in [-0.4, -0.2) is 13.2 Å². The molecule has 342 valence electrons. The summed E-state index contributed by atoms with van der Waals surface area (Å²) < 4.78 is 22.8. The summed E-state index contributed by atoms with van der Waals surface area (Å²) >= 11 is 0. The van der Waals surface area contributed by atoms with Crippen molar-refractivity contribution in [1.82, 2.24) is 0 Å². The molecule has 0 fully saturated rings. The van der Waals surface area contributed by atoms with Crippen LogP contribution in [0.25, 0.3) is 0 Å². The van der Waals surface area contributed by atoms with Crippen LogP contribution >= 0.6 is 8.25 Å². The summed E-state index contributed by atoms with van der Waals surface area (Å²) in [5, 5.41) is 0. The fourth-order valence-electron chi connectivity index (χ4n) is 7.90. The van der Waals surface area contributed by atoms with Gasteiger partial charge in [-0.2, -0.15) is 0 Å². The molecule has 0 aromatic rings. The van der Waals surface area contributed by atoms with E-state index >= 15 is 0 Å². The van der Waals surface area contributed by atoms with Gasteiger partial charge in [-0.1, -0.05) is 243 Å². The first kappa shape index (κ1) is 57.2. The van der Waals surface area contributed by atoms with Gasteiger partial charge in [0.2, 0.25) is 0 Å². The van der Waals surface area contributed by atoms with E-state index in [1.54, 1.807) is 0 Å². The van der Waals surface area contributed by atoms with Crippen molar-refractivity contribution in [2.45, 2.75) is 296 Å². The zero-order valence-electron chi connectivity index (χ0n) is 39.7. The molecule has 0 rings (SSSR count). The first-order valence-electron chi connectivity index (χ1n) is 26.5. The quantitative estimate of drug-likeness (QED) is 0.0348. The van der Waals surface area contributed by atoms with E-state index < -0.39 is 8.25 Å². The third kappa shape index (κ3) is 53.3. The van der Waals surface area contributed by atoms with E-state index in [1.165, 1.54) is 257 Å². The van der Waals surface area contributed by atoms with Crippen molar-refractivity contribution in [2.75, 3.05) is 13.2 Å². The monoisotopic (exact) mass is 832 g/mol. The van der Waals surface area contributed by atoms with Gasteiger partial charge in [-0.3, -0.25) is 0 Å². The Bertz CT molecular complexity index is 851. The van der Waals surface area contributed by atoms with Crippen molar-refractivity contribution >= 4 is 8.25 Å². The number of rotatable bonds is 51. The molecule has 0 radical (unpaired) electrons. The van der Waals surface area contributed by atoms with Gasteiger partial charge in [0.15, 0.2) is 0 Å². The summed E-state index contributed by atoms with van der Waals surface area (Å²) in [5.74, 6) is 0. The van der Waals surface area contributed by atoms with Crippen molar-refractivity contribution in [2.24, 2.45) is 0 Å². The summed E-state index contributed by atoms with van der Waals surface area (Å²) in [4.78, 5) is 0. The first-order valence-corrected chi connectivity index (χ1v) is 27.6. The van der Waals surface area contributed by atoms with E-state index in [-0.39, 0.29) is 0 Å². The van der Waals surface area contributed by atoms with Gasteiger partial charge >= 0.3 is 8.25 Å². The topological polar surface area (TPSA) is 35.5 Å². The van der Waals surface area contributed by atoms with Gasteiger partial charge in [-0.05, 0) is 89.9 Å². The lowest BCUT2D eigenvalue weighted by Crippen LogP contribution is -1.92. The minimum absolute atomic E-state index is 0.559. The maximum atomic E-state index is 12.0. The van der Waals surface area contributed by atoms with E-state index in [2.05, 4.69) is 50.3 Å². The average Bonchev–Trinajstić information content (AvgIpc) is 3.23. The first-order chi connectivity index (χ1) is 28.8. The Labute approximate surface area is 366 Å². The van der Waals surface area contributed by atoms with Crippen molar-refractivity contribution in [3.63, 3.8) is 0 Å². The number of unbranched alkanes of at least 4 members (excludes halogenated alkanes) is 39. The number of allylic oxidation sites excluding steroid dienone is 6. The highest BCUT2D eigenvalue weighted by atomic mass is 31.1. The van der Waals surface area contributed by atoms with Crippen molar-refractivity contribution in [3.8, 4) is 0 Å². The standard InChI is InChI=1S/C54H104O3P/c1-3-5-7-9-11-13-15-17-19-21-22-23-24-25-26-27-28-29-30-31-32-33-34-35-36-37-38-40-42-44-46-48-50-52-54-57-58(55)56-53-51-49-47-45-43-41-39-20-18-16-14-12-10-8-6-4-2/h17-20,37-38H,3-16,21-36,39-54H2,1-2H3/q+1/b19-17-,20-18-,38-37-. The molecule has 3 nitrogen and oxygen atoms in total. The van der Waals surface area contributed by atoms with E-state index in [0.29, 0.717) is 13.2 Å². The molecule has 0 amide bonds. The fourth-order valence-corrected chi connectivity index (χ4v) is 8.53. The predicted molar refractivity (Wildman–Crippen MR) is 261 cm³/mol. The van der Waals surface area contributed by atoms with Crippen LogP contribution in [-0.2, 0) is 13.6 Å². The molecule has 0 aromatic carbocycles. The summed E-state index contributed by atoms with van der Waals surface area (Å²) in [6.45, 7) is 5.69. The summed E-state index contributed by atoms with van der Waals surface area (Å²) in [5.41, 5.74) is 0. The van der Waals surface area contributed by atoms with Gasteiger partial charge in [0, 0.05) is 4.57 Å². The highest BCUT2D eigenvalue weighted by Gasteiger charge is 2.19. The molecule has 0 heterocycles. The van der Waals surface area contributed by atoms with Crippen LogP contribution in [0.3, 0.4) is 0 Å². The smallest absolute Gasteiger partial charge is 0.119 e. The molecule has 0 N–H and O–H groups in total. The van der Waals surface area contributed by atoms with Gasteiger partial charge < -0.3 is 0 Å². The Hall–Kier alpha value is -0.760. The molecule has 4 heteroatoms. The molecule has 0 bridgehead atoms. The van der Waals surface area contributed by atoms with Gasteiger partial charge in [-0.15, -0.1) is 9.05 Å². The second-order valence-electron chi connectivity index (χ2n) is 17.8. The lowest BCUT2D eigenvalue weighted by atomic mass is 10.0. The zero-order chi connectivity index (χ0) is 41.8. The minimum Gasteiger partial charge on any atom is -0.119 e. The van der Waals surface area contributed by atoms with Crippen LogP contribution < -0.4 is 0 Å². The molecule has 1 atom stereocenters. The maximum Gasteiger partial charge on any atom is 0.697 e. The van der Waals surface area contributed by atoms with Crippen LogP contribution in [0.5, 0.6) is 0 Å². The highest BCUT2D eigenvalue weighted by Crippen LogP contribution is 2.25. The predicted octanol–water partition coefficient (Wildman–Crippen LogP) is 20.5. The molecule has 58 heavy (non-hydrogen) atoms. The van der Waals surface area contributed by atoms with Crippen molar-refractivity contribution in [1.29, 1.82) is 0 Å². The Morgan fingerprint density at radius 2 is 0.431 bits per heavy atom. The van der Waals surface area contributed by atoms with Crippen LogP contribution in [0.2, 0.25) is 0 Å². The lowest BCUT2D eigenvalue weighted by molar-refractivity contribution is 0.218.